The first-order valence-electron chi connectivity index (χ1n) is 20.3. The number of carbonyl (C=O) groups is 3. The molecule has 3 aliphatic carbocycles. The molecule has 0 fully saturated rings. The molecular formula is C45H63N7O6. The third kappa shape index (κ3) is 14.3. The van der Waals surface area contributed by atoms with Crippen LogP contribution in [-0.2, 0) is 28.6 Å². The number of nitrogens with one attached hydrogen (secondary N) is 3. The second-order valence-electron chi connectivity index (χ2n) is 17.0. The van der Waals surface area contributed by atoms with Crippen molar-refractivity contribution in [2.75, 3.05) is 59.1 Å². The van der Waals surface area contributed by atoms with E-state index in [4.69, 9.17) is 14.2 Å². The first-order chi connectivity index (χ1) is 27.4. The minimum absolute atomic E-state index is 0.204. The van der Waals surface area contributed by atoms with Crippen LogP contribution in [0.25, 0.3) is 0 Å². The topological polar surface area (TPSA) is 190 Å². The molecule has 0 saturated carbocycles. The Balaban J connectivity index is 1.79. The van der Waals surface area contributed by atoms with Gasteiger partial charge < -0.3 is 30.2 Å². The average Bonchev–Trinajstić information content (AvgIpc) is 3.11. The molecule has 0 aromatic carbocycles. The summed E-state index contributed by atoms with van der Waals surface area (Å²) in [5, 5.41) is 40.2. The summed E-state index contributed by atoms with van der Waals surface area (Å²) < 4.78 is 15.6. The van der Waals surface area contributed by atoms with Crippen molar-refractivity contribution in [3.8, 4) is 18.2 Å². The lowest BCUT2D eigenvalue weighted by Gasteiger charge is -2.31. The van der Waals surface area contributed by atoms with Crippen LogP contribution in [0.1, 0.15) is 81.6 Å². The van der Waals surface area contributed by atoms with Crippen LogP contribution >= 0.6 is 0 Å². The Hall–Kier alpha value is -5.32. The second kappa shape index (κ2) is 21.4. The molecule has 3 atom stereocenters. The van der Waals surface area contributed by atoms with E-state index in [9.17, 15) is 30.2 Å². The monoisotopic (exact) mass is 797 g/mol. The first kappa shape index (κ1) is 47.1. The van der Waals surface area contributed by atoms with Gasteiger partial charge in [-0.25, -0.2) is 0 Å². The quantitative estimate of drug-likeness (QED) is 0.0923. The van der Waals surface area contributed by atoms with Gasteiger partial charge in [-0.05, 0) is 91.2 Å². The molecule has 314 valence electrons. The summed E-state index contributed by atoms with van der Waals surface area (Å²) in [5.41, 5.74) is 3.85. The van der Waals surface area contributed by atoms with E-state index in [0.29, 0.717) is 58.5 Å². The maximum Gasteiger partial charge on any atom is 0.327 e. The van der Waals surface area contributed by atoms with Crippen LogP contribution in [0.15, 0.2) is 70.3 Å². The Morgan fingerprint density at radius 1 is 0.569 bits per heavy atom. The van der Waals surface area contributed by atoms with Gasteiger partial charge in [-0.3, -0.25) is 19.3 Å². The van der Waals surface area contributed by atoms with Gasteiger partial charge >= 0.3 is 17.9 Å². The Kier molecular flexibility index (Phi) is 17.4. The van der Waals surface area contributed by atoms with Crippen molar-refractivity contribution in [1.82, 2.24) is 20.9 Å². The van der Waals surface area contributed by atoms with E-state index in [2.05, 4.69) is 98.8 Å². The lowest BCUT2D eigenvalue weighted by Crippen LogP contribution is -2.41. The van der Waals surface area contributed by atoms with E-state index >= 15 is 0 Å². The molecule has 3 unspecified atom stereocenters. The Labute approximate surface area is 345 Å². The largest absolute Gasteiger partial charge is 0.465 e. The number of hydrogen-bond donors (Lipinski definition) is 3. The van der Waals surface area contributed by atoms with Gasteiger partial charge in [-0.2, -0.15) is 15.8 Å². The standard InChI is InChI=1S/C45H63N7O6/c1-10-56-40(53)37(28-46)31-19-34(25-43(4,5)22-31)49-13-16-52(17-14-50-35-20-32(23-44(6,7)26-35)38(29-47)41(54)57-11-2)18-15-51-36-21-33(24-45(8,9)27-36)39(30-48)42(55)58-12-3/h19-21,25-27,37-39,49-51H,10-18,22-24H2,1-9H3. The second-order valence-corrected chi connectivity index (χ2v) is 17.0. The van der Waals surface area contributed by atoms with E-state index in [1.54, 1.807) is 20.8 Å². The van der Waals surface area contributed by atoms with Gasteiger partial charge in [0.15, 0.2) is 17.8 Å². The SMILES string of the molecule is CCOC(=O)C(C#N)C1=CC(NCCN(CCNC2=CC(C)(C)CC(C(C#N)C(=O)OCC)=C2)CCNC2=CC(C)(C)CC(C(C#N)C(=O)OCC)=C2)=CC(C)(C)C1. The highest BCUT2D eigenvalue weighted by Crippen LogP contribution is 2.38. The number of ether oxygens (including phenoxy) is 3. The van der Waals surface area contributed by atoms with E-state index < -0.39 is 35.7 Å². The van der Waals surface area contributed by atoms with Crippen LogP contribution < -0.4 is 16.0 Å². The highest BCUT2D eigenvalue weighted by atomic mass is 16.5. The number of hydrogen-bond acceptors (Lipinski definition) is 13. The predicted octanol–water partition coefficient (Wildman–Crippen LogP) is 5.89. The molecule has 0 spiro atoms. The minimum atomic E-state index is -0.970. The Morgan fingerprint density at radius 3 is 1.05 bits per heavy atom. The highest BCUT2D eigenvalue weighted by Gasteiger charge is 2.34. The zero-order valence-electron chi connectivity index (χ0n) is 35.9. The number of allylic oxidation sites excluding steroid dienone is 6. The number of carbonyl (C=O) groups excluding carboxylic acids is 3. The smallest absolute Gasteiger partial charge is 0.327 e. The molecule has 3 N–H and O–H groups in total. The van der Waals surface area contributed by atoms with Crippen molar-refractivity contribution in [3.05, 3.63) is 70.3 Å². The van der Waals surface area contributed by atoms with Crippen molar-refractivity contribution in [2.45, 2.75) is 81.6 Å². The van der Waals surface area contributed by atoms with Crippen LogP contribution in [0.3, 0.4) is 0 Å². The summed E-state index contributed by atoms with van der Waals surface area (Å²) >= 11 is 0. The minimum Gasteiger partial charge on any atom is -0.465 e. The lowest BCUT2D eigenvalue weighted by molar-refractivity contribution is -0.145. The molecule has 0 aliphatic heterocycles. The molecule has 0 amide bonds. The normalized spacial score (nSPS) is 19.3. The summed E-state index contributed by atoms with van der Waals surface area (Å²) in [4.78, 5) is 40.1. The van der Waals surface area contributed by atoms with E-state index in [1.807, 2.05) is 18.2 Å². The lowest BCUT2D eigenvalue weighted by atomic mass is 9.77. The van der Waals surface area contributed by atoms with Gasteiger partial charge in [0, 0.05) is 56.4 Å². The van der Waals surface area contributed by atoms with Crippen molar-refractivity contribution < 1.29 is 28.6 Å². The molecule has 0 bridgehead atoms. The maximum atomic E-state index is 12.6. The summed E-state index contributed by atoms with van der Waals surface area (Å²) in [5.74, 6) is -4.52. The van der Waals surface area contributed by atoms with Gasteiger partial charge in [0.05, 0.1) is 38.0 Å². The molecule has 0 radical (unpaired) electrons. The fraction of sp³-hybridized carbons (Fsp3) is 0.600. The zero-order valence-corrected chi connectivity index (χ0v) is 35.9. The number of rotatable bonds is 21. The van der Waals surface area contributed by atoms with Crippen LogP contribution in [-0.4, -0.2) is 81.9 Å². The molecule has 13 heteroatoms. The third-order valence-electron chi connectivity index (χ3n) is 9.98. The van der Waals surface area contributed by atoms with E-state index in [0.717, 1.165) is 33.8 Å². The van der Waals surface area contributed by atoms with Crippen molar-refractivity contribution in [3.63, 3.8) is 0 Å². The molecule has 3 aliphatic rings. The van der Waals surface area contributed by atoms with Crippen molar-refractivity contribution in [2.24, 2.45) is 34.0 Å². The van der Waals surface area contributed by atoms with E-state index in [1.165, 1.54) is 0 Å². The fourth-order valence-corrected chi connectivity index (χ4v) is 7.68. The van der Waals surface area contributed by atoms with Gasteiger partial charge in [0.2, 0.25) is 0 Å². The summed E-state index contributed by atoms with van der Waals surface area (Å²) in [6.45, 7) is 21.9. The number of nitriles is 3. The van der Waals surface area contributed by atoms with E-state index in [-0.39, 0.29) is 36.1 Å². The van der Waals surface area contributed by atoms with Gasteiger partial charge in [0.25, 0.3) is 0 Å². The molecule has 3 rings (SSSR count). The van der Waals surface area contributed by atoms with Crippen LogP contribution in [0, 0.1) is 68.0 Å². The van der Waals surface area contributed by atoms with Gasteiger partial charge in [0.1, 0.15) is 0 Å². The molecule has 0 aromatic heterocycles. The van der Waals surface area contributed by atoms with Crippen molar-refractivity contribution >= 4 is 17.9 Å². The van der Waals surface area contributed by atoms with Crippen LogP contribution in [0.2, 0.25) is 0 Å². The van der Waals surface area contributed by atoms with Crippen molar-refractivity contribution in [1.29, 1.82) is 15.8 Å². The molecule has 0 heterocycles. The number of esters is 3. The summed E-state index contributed by atoms with van der Waals surface area (Å²) in [6, 6.07) is 6.39. The maximum absolute atomic E-state index is 12.6. The highest BCUT2D eigenvalue weighted by molar-refractivity contribution is 5.80. The third-order valence-corrected chi connectivity index (χ3v) is 9.98. The Morgan fingerprint density at radius 2 is 0.828 bits per heavy atom. The molecule has 0 aromatic rings. The summed E-state index contributed by atoms with van der Waals surface area (Å²) in [6.07, 6.45) is 13.7. The Bertz CT molecular complexity index is 1620. The first-order valence-corrected chi connectivity index (χ1v) is 20.3. The number of nitrogens with zero attached hydrogens (tertiary/aromatic N) is 4. The fourth-order valence-electron chi connectivity index (χ4n) is 7.68. The molecule has 58 heavy (non-hydrogen) atoms. The van der Waals surface area contributed by atoms with Gasteiger partial charge in [-0.1, -0.05) is 59.8 Å². The zero-order chi connectivity index (χ0) is 43.1. The van der Waals surface area contributed by atoms with Crippen LogP contribution in [0.5, 0.6) is 0 Å². The summed E-state index contributed by atoms with van der Waals surface area (Å²) in [7, 11) is 0. The predicted molar refractivity (Wildman–Crippen MR) is 221 cm³/mol. The molecule has 0 saturated heterocycles. The van der Waals surface area contributed by atoms with Gasteiger partial charge in [-0.15, -0.1) is 0 Å². The average molecular weight is 798 g/mol. The molecular weight excluding hydrogens is 735 g/mol. The van der Waals surface area contributed by atoms with Crippen LogP contribution in [0.4, 0.5) is 0 Å². The molecule has 13 nitrogen and oxygen atoms in total.